The third-order valence-corrected chi connectivity index (χ3v) is 17.1. The molecule has 0 amide bonds. The number of benzene rings is 14. The highest BCUT2D eigenvalue weighted by molar-refractivity contribution is 6.14. The molecule has 16 rings (SSSR count). The third-order valence-electron chi connectivity index (χ3n) is 17.1. The standard InChI is InChI=1S/C82H56N4/c1-7-21-63(22-8-1)83(64-23-9-2-10-24-64)69-45-51-81-77(55-69)75-53-61(43-49-79(75)85(81)67-29-15-5-16-30-67)57-35-39-59(40-36-57)71-47-48-72(74-34-20-19-33-73(71)74)60-41-37-58(38-42-60)62-44-50-80-76(54-62)78-56-70(46-52-82(78)86(80)68-31-17-6-18-32-68)84(65-25-11-3-12-26-65)66-27-13-4-14-28-66/h1-56H. The van der Waals surface area contributed by atoms with Crippen LogP contribution >= 0.6 is 0 Å². The summed E-state index contributed by atoms with van der Waals surface area (Å²) in [5, 5.41) is 7.27. The summed E-state index contributed by atoms with van der Waals surface area (Å²) in [6, 6.07) is 123. The van der Waals surface area contributed by atoms with Gasteiger partial charge in [0.1, 0.15) is 0 Å². The van der Waals surface area contributed by atoms with Gasteiger partial charge in [-0.1, -0.05) is 206 Å². The second-order valence-electron chi connectivity index (χ2n) is 22.1. The van der Waals surface area contributed by atoms with Crippen LogP contribution in [0, 0.1) is 0 Å². The summed E-state index contributed by atoms with van der Waals surface area (Å²) in [5.74, 6) is 0. The van der Waals surface area contributed by atoms with Crippen molar-refractivity contribution in [3.63, 3.8) is 0 Å². The maximum atomic E-state index is 2.40. The van der Waals surface area contributed by atoms with E-state index in [1.54, 1.807) is 0 Å². The maximum absolute atomic E-state index is 2.40. The van der Waals surface area contributed by atoms with Gasteiger partial charge in [0, 0.05) is 67.0 Å². The highest BCUT2D eigenvalue weighted by atomic mass is 15.1. The summed E-state index contributed by atoms with van der Waals surface area (Å²) in [4.78, 5) is 4.69. The Morgan fingerprint density at radius 3 is 0.779 bits per heavy atom. The number of para-hydroxylation sites is 6. The van der Waals surface area contributed by atoms with Gasteiger partial charge in [0.15, 0.2) is 0 Å². The van der Waals surface area contributed by atoms with E-state index in [4.69, 9.17) is 0 Å². The molecule has 4 nitrogen and oxygen atoms in total. The summed E-state index contributed by atoms with van der Waals surface area (Å²) in [7, 11) is 0. The molecule has 0 saturated heterocycles. The van der Waals surface area contributed by atoms with Gasteiger partial charge >= 0.3 is 0 Å². The van der Waals surface area contributed by atoms with E-state index in [9.17, 15) is 0 Å². The molecule has 86 heavy (non-hydrogen) atoms. The zero-order chi connectivity index (χ0) is 56.9. The van der Waals surface area contributed by atoms with Gasteiger partial charge in [-0.3, -0.25) is 0 Å². The number of hydrogen-bond donors (Lipinski definition) is 0. The Balaban J connectivity index is 0.731. The topological polar surface area (TPSA) is 16.3 Å². The van der Waals surface area contributed by atoms with Crippen molar-refractivity contribution < 1.29 is 0 Å². The zero-order valence-corrected chi connectivity index (χ0v) is 47.1. The first kappa shape index (κ1) is 50.3. The number of hydrogen-bond acceptors (Lipinski definition) is 2. The molecule has 0 unspecified atom stereocenters. The fraction of sp³-hybridized carbons (Fsp3) is 0. The van der Waals surface area contributed by atoms with Crippen molar-refractivity contribution in [1.82, 2.24) is 9.13 Å². The van der Waals surface area contributed by atoms with Crippen LogP contribution in [0.4, 0.5) is 34.1 Å². The van der Waals surface area contributed by atoms with Crippen molar-refractivity contribution in [1.29, 1.82) is 0 Å². The van der Waals surface area contributed by atoms with Crippen LogP contribution in [0.25, 0.3) is 110 Å². The van der Waals surface area contributed by atoms with E-state index >= 15 is 0 Å². The molecule has 2 aromatic heterocycles. The second-order valence-corrected chi connectivity index (χ2v) is 22.1. The Morgan fingerprint density at radius 1 is 0.174 bits per heavy atom. The summed E-state index contributed by atoms with van der Waals surface area (Å²) in [6.07, 6.45) is 0. The molecule has 16 aromatic rings. The summed E-state index contributed by atoms with van der Waals surface area (Å²) >= 11 is 0. The first-order valence-corrected chi connectivity index (χ1v) is 29.5. The third kappa shape index (κ3) is 8.87. The summed E-state index contributed by atoms with van der Waals surface area (Å²) in [6.45, 7) is 0. The molecule has 0 N–H and O–H groups in total. The Hall–Kier alpha value is -11.5. The molecule has 0 aliphatic carbocycles. The van der Waals surface area contributed by atoms with Gasteiger partial charge in [-0.2, -0.15) is 0 Å². The van der Waals surface area contributed by atoms with E-state index < -0.39 is 0 Å². The Bertz CT molecular complexity index is 4710. The van der Waals surface area contributed by atoms with Gasteiger partial charge < -0.3 is 18.9 Å². The lowest BCUT2D eigenvalue weighted by Crippen LogP contribution is -2.09. The highest BCUT2D eigenvalue weighted by Crippen LogP contribution is 2.44. The van der Waals surface area contributed by atoms with Crippen LogP contribution in [-0.2, 0) is 0 Å². The maximum Gasteiger partial charge on any atom is 0.0542 e. The Kier molecular flexibility index (Phi) is 12.5. The average molecular weight is 1100 g/mol. The molecule has 0 fully saturated rings. The average Bonchev–Trinajstić information content (AvgIpc) is 1.92. The lowest BCUT2D eigenvalue weighted by Gasteiger charge is -2.25. The van der Waals surface area contributed by atoms with Gasteiger partial charge in [-0.25, -0.2) is 0 Å². The number of anilines is 6. The van der Waals surface area contributed by atoms with Gasteiger partial charge in [0.05, 0.1) is 22.1 Å². The molecule has 0 aliphatic heterocycles. The van der Waals surface area contributed by atoms with Gasteiger partial charge in [0.2, 0.25) is 0 Å². The van der Waals surface area contributed by atoms with Crippen LogP contribution in [0.1, 0.15) is 0 Å². The summed E-state index contributed by atoms with van der Waals surface area (Å²) in [5.41, 5.74) is 23.1. The lowest BCUT2D eigenvalue weighted by atomic mass is 9.91. The van der Waals surface area contributed by atoms with E-state index in [0.717, 1.165) is 45.5 Å². The molecule has 404 valence electrons. The molecule has 14 aromatic carbocycles. The molecule has 4 heteroatoms. The normalized spacial score (nSPS) is 11.5. The van der Waals surface area contributed by atoms with E-state index in [0.29, 0.717) is 0 Å². The number of nitrogens with zero attached hydrogens (tertiary/aromatic N) is 4. The minimum Gasteiger partial charge on any atom is -0.310 e. The van der Waals surface area contributed by atoms with Crippen LogP contribution in [0.3, 0.4) is 0 Å². The van der Waals surface area contributed by atoms with Crippen molar-refractivity contribution in [2.24, 2.45) is 0 Å². The van der Waals surface area contributed by atoms with E-state index in [1.165, 1.54) is 98.9 Å². The van der Waals surface area contributed by atoms with Gasteiger partial charge in [-0.05, 0) is 189 Å². The molecule has 0 spiro atoms. The smallest absolute Gasteiger partial charge is 0.0542 e. The van der Waals surface area contributed by atoms with E-state index in [2.05, 4.69) is 359 Å². The summed E-state index contributed by atoms with van der Waals surface area (Å²) < 4.78 is 4.79. The minimum absolute atomic E-state index is 1.11. The largest absolute Gasteiger partial charge is 0.310 e. The van der Waals surface area contributed by atoms with Crippen LogP contribution < -0.4 is 9.80 Å². The predicted octanol–water partition coefficient (Wildman–Crippen LogP) is 22.6. The number of aromatic nitrogens is 2. The zero-order valence-electron chi connectivity index (χ0n) is 47.1. The van der Waals surface area contributed by atoms with Gasteiger partial charge in [-0.15, -0.1) is 0 Å². The lowest BCUT2D eigenvalue weighted by molar-refractivity contribution is 1.18. The Morgan fingerprint density at radius 2 is 0.442 bits per heavy atom. The predicted molar refractivity (Wildman–Crippen MR) is 364 cm³/mol. The van der Waals surface area contributed by atoms with Crippen LogP contribution in [0.5, 0.6) is 0 Å². The molecule has 0 saturated carbocycles. The minimum atomic E-state index is 1.11. The first-order chi connectivity index (χ1) is 42.7. The molecular weight excluding hydrogens is 1040 g/mol. The monoisotopic (exact) mass is 1100 g/mol. The van der Waals surface area contributed by atoms with Crippen molar-refractivity contribution >= 4 is 88.5 Å². The molecule has 0 atom stereocenters. The van der Waals surface area contributed by atoms with Crippen LogP contribution in [-0.4, -0.2) is 9.13 Å². The van der Waals surface area contributed by atoms with Crippen molar-refractivity contribution in [3.8, 4) is 55.9 Å². The van der Waals surface area contributed by atoms with Crippen LogP contribution in [0.15, 0.2) is 340 Å². The fourth-order valence-corrected chi connectivity index (χ4v) is 13.1. The molecule has 0 radical (unpaired) electrons. The van der Waals surface area contributed by atoms with Crippen molar-refractivity contribution in [2.45, 2.75) is 0 Å². The SMILES string of the molecule is c1ccc(N(c2ccccc2)c2ccc3c(c2)c2cc(-c4ccc(-c5ccc(-c6ccc(-c7ccc8c(c7)c7cc(N(c9ccccc9)c9ccccc9)ccc7n8-c7ccccc7)cc6)c6ccccc56)cc4)ccc2n3-c2ccccc2)cc1. The van der Waals surface area contributed by atoms with Crippen molar-refractivity contribution in [3.05, 3.63) is 340 Å². The second kappa shape index (κ2) is 21.4. The number of rotatable bonds is 12. The quantitative estimate of drug-likeness (QED) is 0.121. The first-order valence-electron chi connectivity index (χ1n) is 29.5. The molecule has 0 bridgehead atoms. The molecule has 2 heterocycles. The Labute approximate surface area is 500 Å². The number of fused-ring (bicyclic) bond motifs is 7. The van der Waals surface area contributed by atoms with Crippen LogP contribution in [0.2, 0.25) is 0 Å². The molecular formula is C82H56N4. The highest BCUT2D eigenvalue weighted by Gasteiger charge is 2.21. The van der Waals surface area contributed by atoms with E-state index in [1.807, 2.05) is 0 Å². The van der Waals surface area contributed by atoms with Crippen molar-refractivity contribution in [2.75, 3.05) is 9.80 Å². The van der Waals surface area contributed by atoms with Gasteiger partial charge in [0.25, 0.3) is 0 Å². The molecule has 0 aliphatic rings. The fourth-order valence-electron chi connectivity index (χ4n) is 13.1. The van der Waals surface area contributed by atoms with E-state index in [-0.39, 0.29) is 0 Å².